The quantitative estimate of drug-likeness (QED) is 0.750. The Morgan fingerprint density at radius 1 is 1.35 bits per heavy atom. The molecule has 0 amide bonds. The number of fused-ring (bicyclic) bond motifs is 1. The number of Topliss-reactive ketones (excluding diaryl/α,β-unsaturated/α-hetero) is 1. The van der Waals surface area contributed by atoms with Gasteiger partial charge >= 0.3 is 0 Å². The molecule has 3 heteroatoms. The molecular weight excluding hydrogens is 232 g/mol. The minimum atomic E-state index is 0.277. The minimum absolute atomic E-state index is 0.277. The van der Waals surface area contributed by atoms with Gasteiger partial charge in [0.1, 0.15) is 5.75 Å². The minimum Gasteiger partial charge on any atom is -0.493 e. The number of aryl methyl sites for hydroxylation is 1. The summed E-state index contributed by atoms with van der Waals surface area (Å²) in [6, 6.07) is 5.86. The van der Waals surface area contributed by atoms with Crippen molar-refractivity contribution in [2.75, 3.05) is 18.1 Å². The first-order chi connectivity index (χ1) is 8.31. The van der Waals surface area contributed by atoms with E-state index in [-0.39, 0.29) is 5.78 Å². The van der Waals surface area contributed by atoms with Gasteiger partial charge in [0.2, 0.25) is 0 Å². The van der Waals surface area contributed by atoms with Gasteiger partial charge in [-0.1, -0.05) is 6.92 Å². The van der Waals surface area contributed by atoms with Crippen LogP contribution in [0.1, 0.15) is 35.7 Å². The van der Waals surface area contributed by atoms with Crippen LogP contribution >= 0.6 is 11.8 Å². The molecule has 17 heavy (non-hydrogen) atoms. The Balaban J connectivity index is 1.98. The zero-order chi connectivity index (χ0) is 12.1. The predicted octanol–water partition coefficient (Wildman–Crippen LogP) is 3.34. The van der Waals surface area contributed by atoms with Crippen LogP contribution in [0.25, 0.3) is 0 Å². The highest BCUT2D eigenvalue weighted by molar-refractivity contribution is 7.99. The topological polar surface area (TPSA) is 26.3 Å². The van der Waals surface area contributed by atoms with Crippen LogP contribution in [0.4, 0.5) is 0 Å². The normalized spacial score (nSPS) is 14.5. The summed E-state index contributed by atoms with van der Waals surface area (Å²) in [5, 5.41) is 0. The zero-order valence-electron chi connectivity index (χ0n) is 10.2. The van der Waals surface area contributed by atoms with Crippen LogP contribution in [-0.2, 0) is 6.42 Å². The molecule has 0 atom stereocenters. The van der Waals surface area contributed by atoms with Crippen LogP contribution in [0.3, 0.4) is 0 Å². The molecule has 0 unspecified atom stereocenters. The fourth-order valence-corrected chi connectivity index (χ4v) is 2.57. The van der Waals surface area contributed by atoms with Gasteiger partial charge in [0, 0.05) is 17.7 Å². The maximum atomic E-state index is 11.7. The van der Waals surface area contributed by atoms with Gasteiger partial charge in [0.15, 0.2) is 5.78 Å². The summed E-state index contributed by atoms with van der Waals surface area (Å²) < 4.78 is 5.68. The molecule has 0 radical (unpaired) electrons. The molecule has 2 rings (SSSR count). The number of hydrogen-bond acceptors (Lipinski definition) is 3. The smallest absolute Gasteiger partial charge is 0.163 e. The third-order valence-corrected chi connectivity index (χ3v) is 3.79. The third kappa shape index (κ3) is 3.25. The largest absolute Gasteiger partial charge is 0.493 e. The molecule has 0 fully saturated rings. The van der Waals surface area contributed by atoms with Crippen LogP contribution in [-0.4, -0.2) is 23.9 Å². The number of ether oxygens (including phenoxy) is 1. The monoisotopic (exact) mass is 250 g/mol. The predicted molar refractivity (Wildman–Crippen MR) is 72.2 cm³/mol. The maximum Gasteiger partial charge on any atom is 0.163 e. The van der Waals surface area contributed by atoms with Crippen LogP contribution < -0.4 is 4.74 Å². The Hall–Kier alpha value is -0.960. The standard InChI is InChI=1S/C14H18O2S/c1-2-17-9-8-16-12-6-7-13-11(10-12)4-3-5-14(13)15/h6-7,10H,2-5,8-9H2,1H3. The molecule has 2 nitrogen and oxygen atoms in total. The molecule has 0 aliphatic heterocycles. The molecule has 0 aromatic heterocycles. The first-order valence-corrected chi connectivity index (χ1v) is 7.33. The van der Waals surface area contributed by atoms with Crippen molar-refractivity contribution in [1.29, 1.82) is 0 Å². The van der Waals surface area contributed by atoms with Gasteiger partial charge in [-0.15, -0.1) is 0 Å². The average Bonchev–Trinajstić information content (AvgIpc) is 2.35. The SMILES string of the molecule is CCSCCOc1ccc2c(c1)CCCC2=O. The summed E-state index contributed by atoms with van der Waals surface area (Å²) in [5.74, 6) is 3.32. The molecule has 0 N–H and O–H groups in total. The van der Waals surface area contributed by atoms with Gasteiger partial charge < -0.3 is 4.74 Å². The van der Waals surface area contributed by atoms with Crippen molar-refractivity contribution in [3.8, 4) is 5.75 Å². The Morgan fingerprint density at radius 2 is 2.24 bits per heavy atom. The van der Waals surface area contributed by atoms with E-state index in [1.165, 1.54) is 0 Å². The maximum absolute atomic E-state index is 11.7. The molecule has 1 aromatic carbocycles. The van der Waals surface area contributed by atoms with E-state index < -0.39 is 0 Å². The van der Waals surface area contributed by atoms with E-state index in [2.05, 4.69) is 6.92 Å². The van der Waals surface area contributed by atoms with Crippen molar-refractivity contribution < 1.29 is 9.53 Å². The van der Waals surface area contributed by atoms with Gasteiger partial charge in [-0.25, -0.2) is 0 Å². The molecule has 0 heterocycles. The fraction of sp³-hybridized carbons (Fsp3) is 0.500. The Morgan fingerprint density at radius 3 is 3.06 bits per heavy atom. The average molecular weight is 250 g/mol. The van der Waals surface area contributed by atoms with Gasteiger partial charge in [0.05, 0.1) is 6.61 Å². The lowest BCUT2D eigenvalue weighted by Crippen LogP contribution is -2.11. The van der Waals surface area contributed by atoms with Gasteiger partial charge in [-0.05, 0) is 42.4 Å². The molecule has 0 saturated carbocycles. The van der Waals surface area contributed by atoms with E-state index in [9.17, 15) is 4.79 Å². The first kappa shape index (κ1) is 12.5. The van der Waals surface area contributed by atoms with Crippen molar-refractivity contribution >= 4 is 17.5 Å². The van der Waals surface area contributed by atoms with E-state index in [4.69, 9.17) is 4.74 Å². The van der Waals surface area contributed by atoms with E-state index in [1.54, 1.807) is 0 Å². The van der Waals surface area contributed by atoms with Crippen LogP contribution in [0.2, 0.25) is 0 Å². The number of carbonyl (C=O) groups is 1. The summed E-state index contributed by atoms with van der Waals surface area (Å²) >= 11 is 1.88. The highest BCUT2D eigenvalue weighted by Gasteiger charge is 2.17. The van der Waals surface area contributed by atoms with Crippen LogP contribution in [0, 0.1) is 0 Å². The van der Waals surface area contributed by atoms with Gasteiger partial charge in [0.25, 0.3) is 0 Å². The van der Waals surface area contributed by atoms with Crippen molar-refractivity contribution in [3.63, 3.8) is 0 Å². The van der Waals surface area contributed by atoms with Crippen LogP contribution in [0.15, 0.2) is 18.2 Å². The Labute approximate surface area is 107 Å². The summed E-state index contributed by atoms with van der Waals surface area (Å²) in [6.45, 7) is 2.89. The summed E-state index contributed by atoms with van der Waals surface area (Å²) in [7, 11) is 0. The molecule has 1 aliphatic rings. The number of ketones is 1. The summed E-state index contributed by atoms with van der Waals surface area (Å²) in [5.41, 5.74) is 2.05. The highest BCUT2D eigenvalue weighted by Crippen LogP contribution is 2.25. The van der Waals surface area contributed by atoms with Crippen molar-refractivity contribution in [1.82, 2.24) is 0 Å². The summed E-state index contributed by atoms with van der Waals surface area (Å²) in [4.78, 5) is 11.7. The zero-order valence-corrected chi connectivity index (χ0v) is 11.0. The number of rotatable bonds is 5. The lowest BCUT2D eigenvalue weighted by atomic mass is 9.91. The van der Waals surface area contributed by atoms with Crippen molar-refractivity contribution in [2.45, 2.75) is 26.2 Å². The Bertz CT molecular complexity index is 401. The molecule has 1 aromatic rings. The third-order valence-electron chi connectivity index (χ3n) is 2.93. The van der Waals surface area contributed by atoms with E-state index >= 15 is 0 Å². The fourth-order valence-electron chi connectivity index (χ4n) is 2.08. The van der Waals surface area contributed by atoms with E-state index in [1.807, 2.05) is 30.0 Å². The number of carbonyl (C=O) groups excluding carboxylic acids is 1. The number of benzene rings is 1. The second-order valence-electron chi connectivity index (χ2n) is 4.14. The number of hydrogen-bond donors (Lipinski definition) is 0. The molecule has 0 saturated heterocycles. The van der Waals surface area contributed by atoms with E-state index in [0.29, 0.717) is 6.42 Å². The molecule has 1 aliphatic carbocycles. The number of thioether (sulfide) groups is 1. The van der Waals surface area contributed by atoms with Crippen LogP contribution in [0.5, 0.6) is 5.75 Å². The molecule has 92 valence electrons. The van der Waals surface area contributed by atoms with Crippen molar-refractivity contribution in [3.05, 3.63) is 29.3 Å². The first-order valence-electron chi connectivity index (χ1n) is 6.18. The lowest BCUT2D eigenvalue weighted by Gasteiger charge is -2.15. The Kier molecular flexibility index (Phi) is 4.49. The second-order valence-corrected chi connectivity index (χ2v) is 5.53. The molecule has 0 bridgehead atoms. The highest BCUT2D eigenvalue weighted by atomic mass is 32.2. The van der Waals surface area contributed by atoms with E-state index in [0.717, 1.165) is 47.8 Å². The lowest BCUT2D eigenvalue weighted by molar-refractivity contribution is 0.0972. The molecular formula is C14H18O2S. The van der Waals surface area contributed by atoms with Crippen molar-refractivity contribution in [2.24, 2.45) is 0 Å². The summed E-state index contributed by atoms with van der Waals surface area (Å²) in [6.07, 6.45) is 2.67. The van der Waals surface area contributed by atoms with Gasteiger partial charge in [-0.2, -0.15) is 11.8 Å². The molecule has 0 spiro atoms. The second kappa shape index (κ2) is 6.10. The van der Waals surface area contributed by atoms with Gasteiger partial charge in [-0.3, -0.25) is 4.79 Å².